The molecule has 1 aliphatic heterocycles. The molecule has 0 bridgehead atoms. The first-order valence-corrected chi connectivity index (χ1v) is 10.3. The topological polar surface area (TPSA) is 83.9 Å². The summed E-state index contributed by atoms with van der Waals surface area (Å²) in [6.07, 6.45) is 0.427. The molecule has 144 valence electrons. The van der Waals surface area contributed by atoms with E-state index in [1.54, 1.807) is 0 Å². The first kappa shape index (κ1) is 20.1. The molecule has 1 unspecified atom stereocenters. The van der Waals surface area contributed by atoms with Crippen LogP contribution in [0.3, 0.4) is 0 Å². The Kier molecular flexibility index (Phi) is 6.08. The number of hydrogen-bond donors (Lipinski definition) is 1. The van der Waals surface area contributed by atoms with E-state index < -0.39 is 28.6 Å². The Morgan fingerprint density at radius 3 is 2.52 bits per heavy atom. The van der Waals surface area contributed by atoms with Gasteiger partial charge in [-0.05, 0) is 35.7 Å². The molecule has 9 heteroatoms. The maximum Gasteiger partial charge on any atom is 0.329 e. The largest absolute Gasteiger partial charge is 0.480 e. The average Bonchev–Trinajstić information content (AvgIpc) is 2.63. The van der Waals surface area contributed by atoms with Crippen LogP contribution in [0.4, 0.5) is 0 Å². The summed E-state index contributed by atoms with van der Waals surface area (Å²) in [4.78, 5) is 10.8. The minimum Gasteiger partial charge on any atom is -0.480 e. The Morgan fingerprint density at radius 1 is 1.15 bits per heavy atom. The van der Waals surface area contributed by atoms with E-state index in [4.69, 9.17) is 33.0 Å². The fourth-order valence-corrected chi connectivity index (χ4v) is 5.02. The second kappa shape index (κ2) is 8.16. The lowest BCUT2D eigenvalue weighted by Crippen LogP contribution is -2.46. The van der Waals surface area contributed by atoms with E-state index >= 15 is 0 Å². The summed E-state index contributed by atoms with van der Waals surface area (Å²) in [5, 5.41) is 9.19. The summed E-state index contributed by atoms with van der Waals surface area (Å²) >= 11 is 11.9. The van der Waals surface area contributed by atoms with E-state index in [1.807, 2.05) is 24.3 Å². The first-order chi connectivity index (χ1) is 12.8. The molecule has 0 saturated heterocycles. The van der Waals surface area contributed by atoms with Crippen molar-refractivity contribution in [2.45, 2.75) is 23.9 Å². The van der Waals surface area contributed by atoms with Crippen LogP contribution in [0.5, 0.6) is 0 Å². The highest BCUT2D eigenvalue weighted by atomic mass is 35.5. The summed E-state index contributed by atoms with van der Waals surface area (Å²) < 4.78 is 33.0. The van der Waals surface area contributed by atoms with Gasteiger partial charge < -0.3 is 9.84 Å². The van der Waals surface area contributed by atoms with Crippen molar-refractivity contribution in [2.24, 2.45) is 0 Å². The number of hydrogen-bond acceptors (Lipinski definition) is 4. The first-order valence-electron chi connectivity index (χ1n) is 8.12. The Bertz CT molecular complexity index is 964. The van der Waals surface area contributed by atoms with Crippen LogP contribution in [0.15, 0.2) is 47.4 Å². The number of rotatable bonds is 6. The summed E-state index contributed by atoms with van der Waals surface area (Å²) in [6, 6.07) is 11.2. The van der Waals surface area contributed by atoms with E-state index in [0.717, 1.165) is 11.1 Å². The molecule has 0 spiro atoms. The van der Waals surface area contributed by atoms with Crippen LogP contribution in [-0.2, 0) is 32.5 Å². The van der Waals surface area contributed by atoms with Gasteiger partial charge in [0, 0.05) is 6.54 Å². The molecule has 0 radical (unpaired) electrons. The van der Waals surface area contributed by atoms with Gasteiger partial charge in [0.1, 0.15) is 6.61 Å². The van der Waals surface area contributed by atoms with Gasteiger partial charge in [-0.1, -0.05) is 47.5 Å². The lowest BCUT2D eigenvalue weighted by atomic mass is 9.96. The van der Waals surface area contributed by atoms with Gasteiger partial charge in [0.2, 0.25) is 10.0 Å². The van der Waals surface area contributed by atoms with Gasteiger partial charge in [-0.2, -0.15) is 4.31 Å². The molecule has 1 aliphatic rings. The molecule has 1 N–H and O–H groups in total. The number of carbonyl (C=O) groups is 1. The van der Waals surface area contributed by atoms with Crippen LogP contribution in [-0.4, -0.2) is 43.1 Å². The fourth-order valence-electron chi connectivity index (χ4n) is 3.04. The number of aliphatic carboxylic acids is 1. The number of halogens is 2. The van der Waals surface area contributed by atoms with E-state index in [2.05, 4.69) is 0 Å². The van der Waals surface area contributed by atoms with Crippen molar-refractivity contribution in [2.75, 3.05) is 13.2 Å². The zero-order valence-electron chi connectivity index (χ0n) is 14.1. The molecular formula is C18H17Cl2NO5S. The number of carboxylic acids is 1. The smallest absolute Gasteiger partial charge is 0.329 e. The van der Waals surface area contributed by atoms with Gasteiger partial charge in [-0.25, -0.2) is 13.2 Å². The number of benzene rings is 2. The fraction of sp³-hybridized carbons (Fsp3) is 0.278. The van der Waals surface area contributed by atoms with Crippen molar-refractivity contribution in [1.29, 1.82) is 0 Å². The highest BCUT2D eigenvalue weighted by Gasteiger charge is 2.36. The maximum absolute atomic E-state index is 13.2. The van der Waals surface area contributed by atoms with Gasteiger partial charge in [0.15, 0.2) is 0 Å². The molecule has 3 rings (SSSR count). The molecule has 27 heavy (non-hydrogen) atoms. The summed E-state index contributed by atoms with van der Waals surface area (Å²) in [7, 11) is -3.88. The van der Waals surface area contributed by atoms with Gasteiger partial charge in [-0.15, -0.1) is 0 Å². The van der Waals surface area contributed by atoms with E-state index in [1.165, 1.54) is 22.5 Å². The molecule has 0 amide bonds. The van der Waals surface area contributed by atoms with Crippen molar-refractivity contribution >= 4 is 39.2 Å². The molecule has 0 saturated carbocycles. The van der Waals surface area contributed by atoms with Crippen molar-refractivity contribution in [1.82, 2.24) is 4.31 Å². The van der Waals surface area contributed by atoms with Crippen molar-refractivity contribution in [3.63, 3.8) is 0 Å². The van der Waals surface area contributed by atoms with Crippen LogP contribution in [0.25, 0.3) is 0 Å². The van der Waals surface area contributed by atoms with Gasteiger partial charge in [0.05, 0.1) is 27.6 Å². The third-order valence-electron chi connectivity index (χ3n) is 4.34. The molecular weight excluding hydrogens is 413 g/mol. The average molecular weight is 430 g/mol. The van der Waals surface area contributed by atoms with Gasteiger partial charge >= 0.3 is 5.97 Å². The summed E-state index contributed by atoms with van der Waals surface area (Å²) in [6.45, 7) is -0.347. The molecule has 0 aliphatic carbocycles. The third kappa shape index (κ3) is 4.44. The molecule has 0 fully saturated rings. The minimum atomic E-state index is -3.88. The zero-order chi connectivity index (χ0) is 19.6. The van der Waals surface area contributed by atoms with E-state index in [9.17, 15) is 13.2 Å². The zero-order valence-corrected chi connectivity index (χ0v) is 16.5. The maximum atomic E-state index is 13.2. The van der Waals surface area contributed by atoms with Crippen molar-refractivity contribution in [3.05, 3.63) is 63.6 Å². The Balaban J connectivity index is 1.95. The summed E-state index contributed by atoms with van der Waals surface area (Å²) in [5.74, 6) is -1.11. The van der Waals surface area contributed by atoms with E-state index in [0.29, 0.717) is 6.42 Å². The van der Waals surface area contributed by atoms with Crippen LogP contribution in [0.1, 0.15) is 11.1 Å². The van der Waals surface area contributed by atoms with Crippen LogP contribution >= 0.6 is 23.2 Å². The minimum absolute atomic E-state index is 0.0266. The Hall–Kier alpha value is -1.64. The van der Waals surface area contributed by atoms with Crippen LogP contribution in [0, 0.1) is 0 Å². The molecule has 6 nitrogen and oxygen atoms in total. The lowest BCUT2D eigenvalue weighted by molar-refractivity contribution is -0.142. The molecule has 2 aromatic rings. The Labute approximate surface area is 167 Å². The molecule has 1 heterocycles. The molecule has 2 aromatic carbocycles. The quantitative estimate of drug-likeness (QED) is 0.761. The number of carboxylic acid groups (broad SMARTS) is 1. The number of fused-ring (bicyclic) bond motifs is 1. The monoisotopic (exact) mass is 429 g/mol. The van der Waals surface area contributed by atoms with Gasteiger partial charge in [0.25, 0.3) is 0 Å². The third-order valence-corrected chi connectivity index (χ3v) is 6.97. The standard InChI is InChI=1S/C18H17Cl2NO5S/c19-16-6-5-15(8-17(16)20)27(24,25)21-9-13-4-2-1-3-12(13)7-14(21)10-26-11-18(22)23/h1-6,8,14H,7,9-11H2,(H,22,23). The predicted octanol–water partition coefficient (Wildman–Crippen LogP) is 3.21. The number of ether oxygens (including phenoxy) is 1. The lowest BCUT2D eigenvalue weighted by Gasteiger charge is -2.35. The highest BCUT2D eigenvalue weighted by molar-refractivity contribution is 7.89. The second-order valence-electron chi connectivity index (χ2n) is 6.16. The Morgan fingerprint density at radius 2 is 1.85 bits per heavy atom. The normalized spacial score (nSPS) is 17.5. The van der Waals surface area contributed by atoms with Gasteiger partial charge in [-0.3, -0.25) is 0 Å². The van der Waals surface area contributed by atoms with E-state index in [-0.39, 0.29) is 28.1 Å². The molecule has 1 atom stereocenters. The number of sulfonamides is 1. The SMILES string of the molecule is O=C(O)COCC1Cc2ccccc2CN1S(=O)(=O)c1ccc(Cl)c(Cl)c1. The highest BCUT2D eigenvalue weighted by Crippen LogP contribution is 2.32. The van der Waals surface area contributed by atoms with Crippen LogP contribution < -0.4 is 0 Å². The predicted molar refractivity (Wildman–Crippen MR) is 102 cm³/mol. The van der Waals surface area contributed by atoms with Crippen molar-refractivity contribution < 1.29 is 23.1 Å². The molecule has 0 aromatic heterocycles. The second-order valence-corrected chi connectivity index (χ2v) is 8.87. The summed E-state index contributed by atoms with van der Waals surface area (Å²) in [5.41, 5.74) is 1.91. The number of nitrogens with zero attached hydrogens (tertiary/aromatic N) is 1. The van der Waals surface area contributed by atoms with Crippen LogP contribution in [0.2, 0.25) is 10.0 Å². The van der Waals surface area contributed by atoms with Crippen molar-refractivity contribution in [3.8, 4) is 0 Å².